The van der Waals surface area contributed by atoms with Gasteiger partial charge >= 0.3 is 11.9 Å². The van der Waals surface area contributed by atoms with E-state index in [2.05, 4.69) is 39.9 Å². The van der Waals surface area contributed by atoms with Crippen LogP contribution in [-0.2, 0) is 30.5 Å². The van der Waals surface area contributed by atoms with E-state index in [-0.39, 0.29) is 59.2 Å². The minimum atomic E-state index is -1.15. The average Bonchev–Trinajstić information content (AvgIpc) is 3.36. The lowest BCUT2D eigenvalue weighted by Crippen LogP contribution is -2.61. The predicted octanol–water partition coefficient (Wildman–Crippen LogP) is 8.61. The molecule has 0 aliphatic heterocycles. The molecule has 9 unspecified atom stereocenters. The lowest BCUT2D eigenvalue weighted by Gasteiger charge is -2.67. The predicted molar refractivity (Wildman–Crippen MR) is 194 cm³/mol. The second kappa shape index (κ2) is 13.5. The van der Waals surface area contributed by atoms with Crippen LogP contribution in [0.1, 0.15) is 118 Å². The summed E-state index contributed by atoms with van der Waals surface area (Å²) in [5.74, 6) is 0.851. The Bertz CT molecular complexity index is 1560. The van der Waals surface area contributed by atoms with Gasteiger partial charge in [0.25, 0.3) is 0 Å². The number of hydrogen-bond donors (Lipinski definition) is 2. The van der Waals surface area contributed by atoms with E-state index in [4.69, 9.17) is 16.3 Å². The van der Waals surface area contributed by atoms with Crippen LogP contribution in [0.2, 0.25) is 5.02 Å². The average molecular weight is 708 g/mol. The second-order valence-electron chi connectivity index (χ2n) is 18.1. The highest BCUT2D eigenvalue weighted by Crippen LogP contribution is 2.71. The van der Waals surface area contributed by atoms with E-state index >= 15 is 0 Å². The number of carboxylic acids is 1. The number of allylic oxidation sites excluding steroid dienone is 2. The van der Waals surface area contributed by atoms with Crippen LogP contribution < -0.4 is 5.32 Å². The van der Waals surface area contributed by atoms with Crippen LogP contribution in [0, 0.1) is 57.2 Å². The van der Waals surface area contributed by atoms with Crippen LogP contribution in [0.5, 0.6) is 0 Å². The Morgan fingerprint density at radius 3 is 2.28 bits per heavy atom. The Kier molecular flexibility index (Phi) is 10.0. The standard InChI is InChI=1S/C42H58ClNO6/c1-24(2)36-31(45)20-42(34(46)23-44-22-26-8-10-27(43)11-9-26)19-15-30-28(37(36)42)12-13-33-40(6)18-16-32(25(3)29(40)14-17-41(30,33)7)50-35(47)21-39(4,5)38(48)49/h8-11,24-25,28-30,32-33,44H,12-23H2,1-7H3,(H,48,49). The summed E-state index contributed by atoms with van der Waals surface area (Å²) in [6, 6.07) is 7.68. The van der Waals surface area contributed by atoms with Crippen molar-refractivity contribution in [1.29, 1.82) is 0 Å². The molecule has 0 heterocycles. The number of carbonyl (C=O) groups is 4. The lowest BCUT2D eigenvalue weighted by atomic mass is 9.38. The van der Waals surface area contributed by atoms with Crippen LogP contribution in [0.4, 0.5) is 0 Å². The number of ether oxygens (including phenoxy) is 1. The number of rotatable bonds is 10. The molecule has 7 nitrogen and oxygen atoms in total. The molecule has 6 rings (SSSR count). The highest BCUT2D eigenvalue weighted by molar-refractivity contribution is 6.30. The van der Waals surface area contributed by atoms with Crippen LogP contribution in [-0.4, -0.2) is 41.3 Å². The maximum absolute atomic E-state index is 14.4. The highest BCUT2D eigenvalue weighted by atomic mass is 35.5. The van der Waals surface area contributed by atoms with Gasteiger partial charge in [-0.1, -0.05) is 58.4 Å². The molecule has 0 saturated heterocycles. The van der Waals surface area contributed by atoms with Crippen LogP contribution in [0.3, 0.4) is 0 Å². The summed E-state index contributed by atoms with van der Waals surface area (Å²) in [4.78, 5) is 52.7. The molecule has 5 aliphatic carbocycles. The van der Waals surface area contributed by atoms with Crippen LogP contribution in [0.25, 0.3) is 0 Å². The first kappa shape index (κ1) is 37.3. The fraction of sp³-hybridized carbons (Fsp3) is 0.714. The summed E-state index contributed by atoms with van der Waals surface area (Å²) in [5.41, 5.74) is 1.58. The molecule has 5 aliphatic rings. The van der Waals surface area contributed by atoms with Crippen LogP contribution >= 0.6 is 11.6 Å². The number of aliphatic carboxylic acids is 1. The Hall–Kier alpha value is -2.51. The maximum Gasteiger partial charge on any atom is 0.309 e. The van der Waals surface area contributed by atoms with E-state index in [1.165, 1.54) is 5.57 Å². The van der Waals surface area contributed by atoms with E-state index in [9.17, 15) is 24.3 Å². The molecule has 8 heteroatoms. The normalized spacial score (nSPS) is 36.7. The molecule has 0 spiro atoms. The quantitative estimate of drug-likeness (QED) is 0.234. The van der Waals surface area contributed by atoms with Crippen molar-refractivity contribution in [3.63, 3.8) is 0 Å². The minimum Gasteiger partial charge on any atom is -0.481 e. The summed E-state index contributed by atoms with van der Waals surface area (Å²) >= 11 is 6.07. The fourth-order valence-electron chi connectivity index (χ4n) is 12.1. The van der Waals surface area contributed by atoms with Gasteiger partial charge in [0, 0.05) is 18.0 Å². The van der Waals surface area contributed by atoms with E-state index in [0.717, 1.165) is 62.5 Å². The van der Waals surface area contributed by atoms with Gasteiger partial charge in [-0.3, -0.25) is 19.2 Å². The lowest BCUT2D eigenvalue weighted by molar-refractivity contribution is -0.192. The molecular formula is C42H58ClNO6. The smallest absolute Gasteiger partial charge is 0.309 e. The number of hydrogen-bond acceptors (Lipinski definition) is 6. The van der Waals surface area contributed by atoms with E-state index in [1.54, 1.807) is 13.8 Å². The van der Waals surface area contributed by atoms with Crippen molar-refractivity contribution in [3.05, 3.63) is 46.0 Å². The zero-order valence-electron chi connectivity index (χ0n) is 31.2. The van der Waals surface area contributed by atoms with Crippen molar-refractivity contribution in [1.82, 2.24) is 5.32 Å². The zero-order valence-corrected chi connectivity index (χ0v) is 32.0. The second-order valence-corrected chi connectivity index (χ2v) is 18.6. The van der Waals surface area contributed by atoms with Crippen molar-refractivity contribution in [2.45, 2.75) is 125 Å². The number of esters is 1. The summed E-state index contributed by atoms with van der Waals surface area (Å²) < 4.78 is 6.03. The molecule has 0 aromatic heterocycles. The van der Waals surface area contributed by atoms with Gasteiger partial charge < -0.3 is 15.2 Å². The molecule has 0 bridgehead atoms. The van der Waals surface area contributed by atoms with Gasteiger partial charge in [0.05, 0.1) is 23.8 Å². The topological polar surface area (TPSA) is 110 Å². The first-order valence-electron chi connectivity index (χ1n) is 19.1. The van der Waals surface area contributed by atoms with Gasteiger partial charge in [0.1, 0.15) is 6.10 Å². The van der Waals surface area contributed by atoms with Crippen molar-refractivity contribution in [2.75, 3.05) is 6.54 Å². The Balaban J connectivity index is 1.21. The van der Waals surface area contributed by atoms with E-state index in [0.29, 0.717) is 35.7 Å². The third-order valence-corrected chi connectivity index (χ3v) is 14.9. The summed E-state index contributed by atoms with van der Waals surface area (Å²) in [5, 5.41) is 13.6. The molecule has 1 aromatic carbocycles. The molecule has 50 heavy (non-hydrogen) atoms. The number of ketones is 2. The number of fused-ring (bicyclic) bond motifs is 7. The van der Waals surface area contributed by atoms with E-state index in [1.807, 2.05) is 24.3 Å². The number of Topliss-reactive ketones (excluding diaryl/α,β-unsaturated/α-hetero) is 2. The van der Waals surface area contributed by atoms with Crippen molar-refractivity contribution in [2.24, 2.45) is 57.2 Å². The molecule has 9 atom stereocenters. The van der Waals surface area contributed by atoms with Gasteiger partial charge in [0.15, 0.2) is 11.6 Å². The molecule has 274 valence electrons. The fourth-order valence-corrected chi connectivity index (χ4v) is 12.3. The molecule has 4 saturated carbocycles. The summed E-state index contributed by atoms with van der Waals surface area (Å²) in [6.45, 7) is 15.5. The molecule has 0 amide bonds. The number of benzene rings is 1. The number of halogens is 1. The number of carbonyl (C=O) groups excluding carboxylic acids is 3. The number of carboxylic acid groups (broad SMARTS) is 1. The van der Waals surface area contributed by atoms with Gasteiger partial charge in [-0.15, -0.1) is 0 Å². The highest BCUT2D eigenvalue weighted by Gasteiger charge is 2.66. The first-order chi connectivity index (χ1) is 23.4. The largest absolute Gasteiger partial charge is 0.481 e. The Morgan fingerprint density at radius 1 is 0.980 bits per heavy atom. The third-order valence-electron chi connectivity index (χ3n) is 14.6. The van der Waals surface area contributed by atoms with E-state index < -0.39 is 22.8 Å². The van der Waals surface area contributed by atoms with Crippen molar-refractivity contribution < 1.29 is 29.0 Å². The van der Waals surface area contributed by atoms with Gasteiger partial charge in [-0.05, 0) is 140 Å². The maximum atomic E-state index is 14.4. The summed E-state index contributed by atoms with van der Waals surface area (Å²) in [7, 11) is 0. The van der Waals surface area contributed by atoms with Crippen molar-refractivity contribution in [3.8, 4) is 0 Å². The SMILES string of the molecule is CC(C)C1=C2C3CCC4C(C)(CCC5C(C)C(OC(=O)CC(C)(C)C(=O)O)CCC54C)C3CCC2(C(=O)CNCc2ccc(Cl)cc2)CC1=O. The Morgan fingerprint density at radius 2 is 1.62 bits per heavy atom. The monoisotopic (exact) mass is 707 g/mol. The van der Waals surface area contributed by atoms with Crippen molar-refractivity contribution >= 4 is 35.1 Å². The summed E-state index contributed by atoms with van der Waals surface area (Å²) in [6.07, 6.45) is 7.75. The Labute approximate surface area is 303 Å². The first-order valence-corrected chi connectivity index (χ1v) is 19.5. The molecule has 4 fully saturated rings. The third kappa shape index (κ3) is 6.20. The number of nitrogens with one attached hydrogen (secondary N) is 1. The molecule has 1 aromatic rings. The van der Waals surface area contributed by atoms with Gasteiger partial charge in [-0.25, -0.2) is 0 Å². The van der Waals surface area contributed by atoms with Gasteiger partial charge in [-0.2, -0.15) is 0 Å². The van der Waals surface area contributed by atoms with Crippen LogP contribution in [0.15, 0.2) is 35.4 Å². The molecule has 0 radical (unpaired) electrons. The zero-order chi connectivity index (χ0) is 36.4. The molecule has 2 N–H and O–H groups in total. The van der Waals surface area contributed by atoms with Gasteiger partial charge in [0.2, 0.25) is 0 Å². The molecular weight excluding hydrogens is 650 g/mol. The minimum absolute atomic E-state index is 0.0895.